The van der Waals surface area contributed by atoms with Crippen molar-refractivity contribution in [3.05, 3.63) is 42.7 Å². The number of hydrogen-bond acceptors (Lipinski definition) is 3. The first-order chi connectivity index (χ1) is 7.70. The summed E-state index contributed by atoms with van der Waals surface area (Å²) < 4.78 is 4.97. The van der Waals surface area contributed by atoms with E-state index in [0.29, 0.717) is 12.3 Å². The molecule has 1 rings (SSSR count). The number of carbonyl (C=O) groups excluding carboxylic acids is 1. The van der Waals surface area contributed by atoms with E-state index in [1.807, 2.05) is 0 Å². The van der Waals surface area contributed by atoms with Crippen LogP contribution in [0.25, 0.3) is 0 Å². The molecule has 0 unspecified atom stereocenters. The van der Waals surface area contributed by atoms with E-state index in [0.717, 1.165) is 4.90 Å². The third-order valence-electron chi connectivity index (χ3n) is 1.87. The number of amides is 1. The van der Waals surface area contributed by atoms with Gasteiger partial charge < -0.3 is 4.74 Å². The third kappa shape index (κ3) is 2.61. The number of nitriles is 1. The lowest BCUT2D eigenvalue weighted by molar-refractivity contribution is -0.117. The van der Waals surface area contributed by atoms with Crippen LogP contribution in [-0.4, -0.2) is 12.5 Å². The Labute approximate surface area is 94.4 Å². The topological polar surface area (TPSA) is 53.3 Å². The molecule has 0 aromatic heterocycles. The summed E-state index contributed by atoms with van der Waals surface area (Å²) in [6, 6.07) is 8.63. The maximum atomic E-state index is 11.7. The van der Waals surface area contributed by atoms with E-state index >= 15 is 0 Å². The molecular weight excluding hydrogens is 204 g/mol. The van der Waals surface area contributed by atoms with Crippen molar-refractivity contribution >= 4 is 11.6 Å². The van der Waals surface area contributed by atoms with Crippen LogP contribution in [0.5, 0.6) is 0 Å². The lowest BCUT2D eigenvalue weighted by Crippen LogP contribution is -2.27. The van der Waals surface area contributed by atoms with E-state index in [4.69, 9.17) is 10.00 Å². The average molecular weight is 216 g/mol. The van der Waals surface area contributed by atoms with Gasteiger partial charge in [0, 0.05) is 0 Å². The molecule has 0 saturated heterocycles. The molecule has 1 aromatic rings. The zero-order valence-corrected chi connectivity index (χ0v) is 9.01. The Hall–Kier alpha value is -2.28. The van der Waals surface area contributed by atoms with Gasteiger partial charge in [-0.2, -0.15) is 5.26 Å². The van der Waals surface area contributed by atoms with Gasteiger partial charge in [0.05, 0.1) is 12.3 Å². The first-order valence-electron chi connectivity index (χ1n) is 4.81. The van der Waals surface area contributed by atoms with E-state index < -0.39 is 5.91 Å². The van der Waals surface area contributed by atoms with Gasteiger partial charge >= 0.3 is 5.91 Å². The molecule has 0 N–H and O–H groups in total. The number of para-hydroxylation sites is 1. The van der Waals surface area contributed by atoms with Crippen molar-refractivity contribution in [1.82, 2.24) is 0 Å². The van der Waals surface area contributed by atoms with Crippen molar-refractivity contribution in [3.8, 4) is 6.19 Å². The highest BCUT2D eigenvalue weighted by molar-refractivity contribution is 6.05. The molecule has 1 amide bonds. The maximum Gasteiger partial charge on any atom is 0.305 e. The summed E-state index contributed by atoms with van der Waals surface area (Å²) in [6.45, 7) is 5.57. The summed E-state index contributed by atoms with van der Waals surface area (Å²) in [5.74, 6) is -0.580. The van der Waals surface area contributed by atoms with Gasteiger partial charge in [0.1, 0.15) is 0 Å². The largest absolute Gasteiger partial charge is 0.489 e. The minimum Gasteiger partial charge on any atom is -0.489 e. The third-order valence-corrected chi connectivity index (χ3v) is 1.87. The normalized spacial score (nSPS) is 9.00. The highest BCUT2D eigenvalue weighted by Gasteiger charge is 2.19. The number of carbonyl (C=O) groups is 1. The molecule has 0 bridgehead atoms. The van der Waals surface area contributed by atoms with E-state index in [-0.39, 0.29) is 5.76 Å². The Kier molecular flexibility index (Phi) is 4.10. The van der Waals surface area contributed by atoms with Crippen LogP contribution in [0.3, 0.4) is 0 Å². The lowest BCUT2D eigenvalue weighted by Gasteiger charge is -2.14. The smallest absolute Gasteiger partial charge is 0.305 e. The summed E-state index contributed by atoms with van der Waals surface area (Å²) in [4.78, 5) is 12.7. The van der Waals surface area contributed by atoms with Crippen LogP contribution in [0.15, 0.2) is 42.7 Å². The Morgan fingerprint density at radius 2 is 2.12 bits per heavy atom. The van der Waals surface area contributed by atoms with E-state index in [1.165, 1.54) is 0 Å². The molecule has 0 aliphatic carbocycles. The molecule has 4 heteroatoms. The van der Waals surface area contributed by atoms with Crippen LogP contribution in [0.1, 0.15) is 6.92 Å². The molecule has 0 heterocycles. The summed E-state index contributed by atoms with van der Waals surface area (Å²) in [5.41, 5.74) is 0.496. The van der Waals surface area contributed by atoms with E-state index in [1.54, 1.807) is 43.4 Å². The van der Waals surface area contributed by atoms with Crippen molar-refractivity contribution in [1.29, 1.82) is 5.26 Å². The molecule has 0 aliphatic rings. The fourth-order valence-corrected chi connectivity index (χ4v) is 1.16. The van der Waals surface area contributed by atoms with Crippen LogP contribution in [-0.2, 0) is 9.53 Å². The van der Waals surface area contributed by atoms with Crippen LogP contribution in [0.4, 0.5) is 5.69 Å². The number of hydrogen-bond donors (Lipinski definition) is 0. The van der Waals surface area contributed by atoms with Crippen molar-refractivity contribution in [2.45, 2.75) is 6.92 Å². The summed E-state index contributed by atoms with van der Waals surface area (Å²) >= 11 is 0. The van der Waals surface area contributed by atoms with E-state index in [2.05, 4.69) is 6.58 Å². The molecule has 82 valence electrons. The highest BCUT2D eigenvalue weighted by atomic mass is 16.5. The van der Waals surface area contributed by atoms with Gasteiger partial charge in [-0.25, -0.2) is 4.90 Å². The molecule has 1 aromatic carbocycles. The molecule has 16 heavy (non-hydrogen) atoms. The van der Waals surface area contributed by atoms with Crippen LogP contribution in [0.2, 0.25) is 0 Å². The predicted molar refractivity (Wildman–Crippen MR) is 60.3 cm³/mol. The van der Waals surface area contributed by atoms with Gasteiger partial charge in [-0.1, -0.05) is 24.8 Å². The number of rotatable bonds is 4. The van der Waals surface area contributed by atoms with Gasteiger partial charge in [0.25, 0.3) is 0 Å². The standard InChI is InChI=1S/C12H12N2O2/c1-3-16-10(2)12(15)14(9-13)11-7-5-4-6-8-11/h4-8H,2-3H2,1H3. The van der Waals surface area contributed by atoms with Crippen molar-refractivity contribution in [2.75, 3.05) is 11.5 Å². The molecule has 0 radical (unpaired) electrons. The van der Waals surface area contributed by atoms with Crippen LogP contribution < -0.4 is 4.90 Å². The number of nitrogens with zero attached hydrogens (tertiary/aromatic N) is 2. The fourth-order valence-electron chi connectivity index (χ4n) is 1.16. The quantitative estimate of drug-likeness (QED) is 0.335. The minimum atomic E-state index is -0.546. The van der Waals surface area contributed by atoms with Gasteiger partial charge in [-0.15, -0.1) is 0 Å². The van der Waals surface area contributed by atoms with Gasteiger partial charge in [-0.05, 0) is 19.1 Å². The Bertz CT molecular complexity index is 420. The second-order valence-corrected chi connectivity index (χ2v) is 2.93. The minimum absolute atomic E-state index is 0.0343. The molecule has 0 spiro atoms. The van der Waals surface area contributed by atoms with Crippen molar-refractivity contribution < 1.29 is 9.53 Å². The van der Waals surface area contributed by atoms with Crippen LogP contribution >= 0.6 is 0 Å². The average Bonchev–Trinajstić information content (AvgIpc) is 2.31. The van der Waals surface area contributed by atoms with Crippen molar-refractivity contribution in [2.24, 2.45) is 0 Å². The van der Waals surface area contributed by atoms with Gasteiger partial charge in [-0.3, -0.25) is 4.79 Å². The molecular formula is C12H12N2O2. The fraction of sp³-hybridized carbons (Fsp3) is 0.167. The Morgan fingerprint density at radius 3 is 2.62 bits per heavy atom. The monoisotopic (exact) mass is 216 g/mol. The SMILES string of the molecule is C=C(OCC)C(=O)N(C#N)c1ccccc1. The molecule has 0 atom stereocenters. The molecule has 0 fully saturated rings. The Morgan fingerprint density at radius 1 is 1.50 bits per heavy atom. The molecule has 0 aliphatic heterocycles. The molecule has 0 saturated carbocycles. The highest BCUT2D eigenvalue weighted by Crippen LogP contribution is 2.14. The summed E-state index contributed by atoms with van der Waals surface area (Å²) in [6.07, 6.45) is 1.80. The first kappa shape index (κ1) is 11.8. The lowest BCUT2D eigenvalue weighted by atomic mass is 10.3. The van der Waals surface area contributed by atoms with E-state index in [9.17, 15) is 4.79 Å². The Balaban J connectivity index is 2.89. The summed E-state index contributed by atoms with van der Waals surface area (Å²) in [7, 11) is 0. The predicted octanol–water partition coefficient (Wildman–Crippen LogP) is 2.05. The summed E-state index contributed by atoms with van der Waals surface area (Å²) in [5, 5.41) is 8.93. The first-order valence-corrected chi connectivity index (χ1v) is 4.81. The zero-order valence-electron chi connectivity index (χ0n) is 9.01. The number of ether oxygens (including phenoxy) is 1. The maximum absolute atomic E-state index is 11.7. The number of anilines is 1. The van der Waals surface area contributed by atoms with Gasteiger partial charge in [0.2, 0.25) is 0 Å². The number of benzene rings is 1. The van der Waals surface area contributed by atoms with Gasteiger partial charge in [0.15, 0.2) is 12.0 Å². The zero-order chi connectivity index (χ0) is 12.0. The van der Waals surface area contributed by atoms with Crippen LogP contribution in [0, 0.1) is 11.5 Å². The van der Waals surface area contributed by atoms with Crippen molar-refractivity contribution in [3.63, 3.8) is 0 Å². The molecule has 4 nitrogen and oxygen atoms in total. The second kappa shape index (κ2) is 5.56. The second-order valence-electron chi connectivity index (χ2n) is 2.93.